The highest BCUT2D eigenvalue weighted by atomic mass is 32.2. The molecule has 25 heavy (non-hydrogen) atoms. The van der Waals surface area contributed by atoms with Crippen LogP contribution in [-0.4, -0.2) is 73.8 Å². The first-order chi connectivity index (χ1) is 12.3. The van der Waals surface area contributed by atoms with Crippen LogP contribution < -0.4 is 10.6 Å². The van der Waals surface area contributed by atoms with Crippen molar-refractivity contribution in [3.05, 3.63) is 0 Å². The van der Waals surface area contributed by atoms with Crippen molar-refractivity contribution >= 4 is 17.7 Å². The van der Waals surface area contributed by atoms with E-state index in [1.165, 1.54) is 51.4 Å². The lowest BCUT2D eigenvalue weighted by molar-refractivity contribution is -0.0352. The summed E-state index contributed by atoms with van der Waals surface area (Å²) >= 11 is 2.01. The molecule has 5 nitrogen and oxygen atoms in total. The second kappa shape index (κ2) is 9.47. The molecule has 1 heterocycles. The van der Waals surface area contributed by atoms with E-state index < -0.39 is 0 Å². The molecule has 3 rings (SSSR count). The Morgan fingerprint density at radius 2 is 1.96 bits per heavy atom. The number of morpholine rings is 1. The Balaban J connectivity index is 1.55. The molecule has 2 unspecified atom stereocenters. The summed E-state index contributed by atoms with van der Waals surface area (Å²) in [5, 5.41) is 8.17. The van der Waals surface area contributed by atoms with Crippen LogP contribution in [0, 0.1) is 0 Å². The number of nitrogens with zero attached hydrogens (tertiary/aromatic N) is 2. The van der Waals surface area contributed by atoms with E-state index in [1.807, 2.05) is 18.8 Å². The fourth-order valence-electron chi connectivity index (χ4n) is 4.77. The normalized spacial score (nSPS) is 31.0. The van der Waals surface area contributed by atoms with Crippen LogP contribution in [0.15, 0.2) is 4.99 Å². The van der Waals surface area contributed by atoms with Gasteiger partial charge in [-0.2, -0.15) is 11.8 Å². The number of aliphatic imine (C=N–C) groups is 1. The summed E-state index contributed by atoms with van der Waals surface area (Å²) in [7, 11) is 1.90. The molecule has 1 saturated heterocycles. The summed E-state index contributed by atoms with van der Waals surface area (Å²) in [6, 6.07) is 0.578. The van der Waals surface area contributed by atoms with Crippen molar-refractivity contribution in [2.45, 2.75) is 68.2 Å². The Morgan fingerprint density at radius 3 is 2.60 bits per heavy atom. The number of ether oxygens (including phenoxy) is 1. The molecule has 0 spiro atoms. The summed E-state index contributed by atoms with van der Waals surface area (Å²) in [5.74, 6) is 0.991. The van der Waals surface area contributed by atoms with E-state index in [1.54, 1.807) is 0 Å². The van der Waals surface area contributed by atoms with Crippen molar-refractivity contribution in [3.8, 4) is 0 Å². The molecule has 0 radical (unpaired) electrons. The summed E-state index contributed by atoms with van der Waals surface area (Å²) in [6.07, 6.45) is 12.8. The highest BCUT2D eigenvalue weighted by molar-refractivity contribution is 7.99. The van der Waals surface area contributed by atoms with Crippen molar-refractivity contribution in [3.63, 3.8) is 0 Å². The standard InChI is InChI=1S/C19H36N4OS/c1-20-18(22-16-6-7-17(14-16)25-2)21-15-19(8-4-3-5-9-19)23-10-12-24-13-11-23/h16-17H,3-15H2,1-2H3,(H2,20,21,22). The molecule has 0 aromatic rings. The highest BCUT2D eigenvalue weighted by Gasteiger charge is 2.38. The Labute approximate surface area is 157 Å². The van der Waals surface area contributed by atoms with Crippen LogP contribution in [0.1, 0.15) is 51.4 Å². The quantitative estimate of drug-likeness (QED) is 0.577. The largest absolute Gasteiger partial charge is 0.379 e. The van der Waals surface area contributed by atoms with Crippen molar-refractivity contribution in [2.75, 3.05) is 46.2 Å². The fraction of sp³-hybridized carbons (Fsp3) is 0.947. The lowest BCUT2D eigenvalue weighted by atomic mass is 9.80. The van der Waals surface area contributed by atoms with Gasteiger partial charge in [0.15, 0.2) is 5.96 Å². The van der Waals surface area contributed by atoms with Gasteiger partial charge in [-0.1, -0.05) is 19.3 Å². The first kappa shape index (κ1) is 19.3. The topological polar surface area (TPSA) is 48.9 Å². The Kier molecular flexibility index (Phi) is 7.31. The van der Waals surface area contributed by atoms with Gasteiger partial charge in [-0.3, -0.25) is 9.89 Å². The van der Waals surface area contributed by atoms with Crippen LogP contribution in [0.5, 0.6) is 0 Å². The predicted octanol–water partition coefficient (Wildman–Crippen LogP) is 2.47. The molecule has 0 aromatic heterocycles. The zero-order valence-corrected chi connectivity index (χ0v) is 16.9. The Bertz CT molecular complexity index is 433. The number of thioether (sulfide) groups is 1. The molecule has 0 amide bonds. The van der Waals surface area contributed by atoms with Crippen LogP contribution >= 0.6 is 11.8 Å². The van der Waals surface area contributed by atoms with E-state index in [-0.39, 0.29) is 5.54 Å². The SMILES string of the molecule is CN=C(NCC1(N2CCOCC2)CCCCC1)NC1CCC(SC)C1. The smallest absolute Gasteiger partial charge is 0.191 e. The van der Waals surface area contributed by atoms with Gasteiger partial charge in [0.05, 0.1) is 13.2 Å². The Hall–Kier alpha value is -0.460. The maximum Gasteiger partial charge on any atom is 0.191 e. The third-order valence-corrected chi connectivity index (χ3v) is 7.43. The minimum Gasteiger partial charge on any atom is -0.379 e. The van der Waals surface area contributed by atoms with Gasteiger partial charge in [-0.05, 0) is 38.4 Å². The van der Waals surface area contributed by atoms with E-state index in [0.29, 0.717) is 6.04 Å². The molecule has 1 aliphatic heterocycles. The molecule has 3 fully saturated rings. The molecule has 3 aliphatic rings. The monoisotopic (exact) mass is 368 g/mol. The van der Waals surface area contributed by atoms with Gasteiger partial charge < -0.3 is 15.4 Å². The zero-order valence-electron chi connectivity index (χ0n) is 16.1. The lowest BCUT2D eigenvalue weighted by Crippen LogP contribution is -2.60. The number of rotatable bonds is 5. The van der Waals surface area contributed by atoms with Gasteiger partial charge in [-0.25, -0.2) is 0 Å². The third kappa shape index (κ3) is 5.04. The number of hydrogen-bond acceptors (Lipinski definition) is 4. The van der Waals surface area contributed by atoms with Gasteiger partial charge in [0.25, 0.3) is 0 Å². The highest BCUT2D eigenvalue weighted by Crippen LogP contribution is 2.34. The molecule has 0 bridgehead atoms. The van der Waals surface area contributed by atoms with Crippen LogP contribution in [0.25, 0.3) is 0 Å². The molecule has 6 heteroatoms. The van der Waals surface area contributed by atoms with E-state index in [2.05, 4.69) is 26.8 Å². The van der Waals surface area contributed by atoms with Gasteiger partial charge in [0, 0.05) is 43.5 Å². The lowest BCUT2D eigenvalue weighted by Gasteiger charge is -2.48. The maximum atomic E-state index is 5.59. The van der Waals surface area contributed by atoms with Gasteiger partial charge >= 0.3 is 0 Å². The number of hydrogen-bond donors (Lipinski definition) is 2. The van der Waals surface area contributed by atoms with Crippen LogP contribution in [0.3, 0.4) is 0 Å². The first-order valence-corrected chi connectivity index (χ1v) is 11.4. The number of guanidine groups is 1. The molecule has 0 aromatic carbocycles. The van der Waals surface area contributed by atoms with Crippen molar-refractivity contribution in [2.24, 2.45) is 4.99 Å². The van der Waals surface area contributed by atoms with Crippen LogP contribution in [0.2, 0.25) is 0 Å². The van der Waals surface area contributed by atoms with Crippen LogP contribution in [-0.2, 0) is 4.74 Å². The third-order valence-electron chi connectivity index (χ3n) is 6.33. The number of nitrogens with one attached hydrogen (secondary N) is 2. The van der Waals surface area contributed by atoms with Crippen molar-refractivity contribution < 1.29 is 4.74 Å². The van der Waals surface area contributed by atoms with Gasteiger partial charge in [0.2, 0.25) is 0 Å². The summed E-state index contributed by atoms with van der Waals surface area (Å²) in [5.41, 5.74) is 0.289. The molecule has 144 valence electrons. The first-order valence-electron chi connectivity index (χ1n) is 10.1. The minimum atomic E-state index is 0.289. The average Bonchev–Trinajstić information content (AvgIpc) is 3.14. The van der Waals surface area contributed by atoms with Gasteiger partial charge in [-0.15, -0.1) is 0 Å². The van der Waals surface area contributed by atoms with E-state index in [0.717, 1.165) is 44.1 Å². The summed E-state index contributed by atoms with van der Waals surface area (Å²) in [6.45, 7) is 4.92. The predicted molar refractivity (Wildman–Crippen MR) is 108 cm³/mol. The minimum absolute atomic E-state index is 0.289. The van der Waals surface area contributed by atoms with E-state index >= 15 is 0 Å². The molecular formula is C19H36N4OS. The molecule has 2 saturated carbocycles. The molecule has 2 aliphatic carbocycles. The zero-order chi connectivity index (χ0) is 17.5. The molecule has 2 atom stereocenters. The second-order valence-corrected chi connectivity index (χ2v) is 8.96. The fourth-order valence-corrected chi connectivity index (χ4v) is 5.57. The van der Waals surface area contributed by atoms with Crippen LogP contribution in [0.4, 0.5) is 0 Å². The van der Waals surface area contributed by atoms with Crippen molar-refractivity contribution in [1.82, 2.24) is 15.5 Å². The van der Waals surface area contributed by atoms with Crippen molar-refractivity contribution in [1.29, 1.82) is 0 Å². The molecular weight excluding hydrogens is 332 g/mol. The second-order valence-electron chi connectivity index (χ2n) is 7.82. The van der Waals surface area contributed by atoms with Gasteiger partial charge in [0.1, 0.15) is 0 Å². The molecule has 2 N–H and O–H groups in total. The van der Waals surface area contributed by atoms with E-state index in [9.17, 15) is 0 Å². The maximum absolute atomic E-state index is 5.59. The summed E-state index contributed by atoms with van der Waals surface area (Å²) in [4.78, 5) is 7.20. The van der Waals surface area contributed by atoms with E-state index in [4.69, 9.17) is 4.74 Å². The average molecular weight is 369 g/mol. The Morgan fingerprint density at radius 1 is 1.20 bits per heavy atom. The summed E-state index contributed by atoms with van der Waals surface area (Å²) < 4.78 is 5.59.